The highest BCUT2D eigenvalue weighted by molar-refractivity contribution is 7.92. The van der Waals surface area contributed by atoms with E-state index in [4.69, 9.17) is 9.47 Å². The third-order valence-electron chi connectivity index (χ3n) is 3.94. The summed E-state index contributed by atoms with van der Waals surface area (Å²) in [6.07, 6.45) is 1.86. The highest BCUT2D eigenvalue weighted by atomic mass is 32.2. The Morgan fingerprint density at radius 3 is 2.91 bits per heavy atom. The quantitative estimate of drug-likeness (QED) is 0.808. The van der Waals surface area contributed by atoms with Gasteiger partial charge in [-0.15, -0.1) is 0 Å². The van der Waals surface area contributed by atoms with Crippen molar-refractivity contribution in [3.63, 3.8) is 0 Å². The molecule has 2 rings (SSSR count). The average molecular weight is 341 g/mol. The van der Waals surface area contributed by atoms with E-state index in [1.807, 2.05) is 0 Å². The zero-order chi connectivity index (χ0) is 16.9. The van der Waals surface area contributed by atoms with Crippen molar-refractivity contribution in [2.75, 3.05) is 20.3 Å². The average Bonchev–Trinajstić information content (AvgIpc) is 3.05. The molecule has 1 heterocycles. The largest absolute Gasteiger partial charge is 0.497 e. The standard InChI is InChI=1S/C16H23NO5S/c1-12(16(18)17-10-15-7-4-8-22-15)23(19,20)11-13-5-3-6-14(9-13)21-2/h3,5-6,9,12,15H,4,7-8,10-11H2,1-2H3,(H,17,18)/t12-,15+/m1/s1. The number of carbonyl (C=O) groups excluding carboxylic acids is 1. The number of sulfone groups is 1. The van der Waals surface area contributed by atoms with Crippen LogP contribution in [0.15, 0.2) is 24.3 Å². The zero-order valence-electron chi connectivity index (χ0n) is 13.4. The summed E-state index contributed by atoms with van der Waals surface area (Å²) in [6, 6.07) is 6.84. The molecule has 1 aromatic carbocycles. The van der Waals surface area contributed by atoms with Crippen LogP contribution in [-0.4, -0.2) is 45.9 Å². The SMILES string of the molecule is COc1cccc(CS(=O)(=O)[C@H](C)C(=O)NC[C@@H]2CCCO2)c1. The number of benzene rings is 1. The second-order valence-corrected chi connectivity index (χ2v) is 8.00. The summed E-state index contributed by atoms with van der Waals surface area (Å²) in [4.78, 5) is 12.1. The van der Waals surface area contributed by atoms with E-state index in [-0.39, 0.29) is 11.9 Å². The van der Waals surface area contributed by atoms with E-state index in [9.17, 15) is 13.2 Å². The van der Waals surface area contributed by atoms with Gasteiger partial charge < -0.3 is 14.8 Å². The van der Waals surface area contributed by atoms with Gasteiger partial charge in [-0.3, -0.25) is 4.79 Å². The minimum atomic E-state index is -3.59. The van der Waals surface area contributed by atoms with Crippen molar-refractivity contribution in [1.82, 2.24) is 5.32 Å². The Morgan fingerprint density at radius 2 is 2.26 bits per heavy atom. The van der Waals surface area contributed by atoms with Crippen LogP contribution in [0.5, 0.6) is 5.75 Å². The molecule has 128 valence electrons. The summed E-state index contributed by atoms with van der Waals surface area (Å²) in [5.74, 6) is -0.0878. The Hall–Kier alpha value is -1.60. The van der Waals surface area contributed by atoms with Crippen molar-refractivity contribution in [3.05, 3.63) is 29.8 Å². The van der Waals surface area contributed by atoms with E-state index >= 15 is 0 Å². The minimum Gasteiger partial charge on any atom is -0.497 e. The lowest BCUT2D eigenvalue weighted by Crippen LogP contribution is -2.41. The first-order valence-electron chi connectivity index (χ1n) is 7.66. The van der Waals surface area contributed by atoms with Crippen LogP contribution in [0.1, 0.15) is 25.3 Å². The van der Waals surface area contributed by atoms with Crippen LogP contribution in [0.25, 0.3) is 0 Å². The molecule has 1 fully saturated rings. The summed E-state index contributed by atoms with van der Waals surface area (Å²) in [5, 5.41) is 1.57. The van der Waals surface area contributed by atoms with Gasteiger partial charge in [-0.2, -0.15) is 0 Å². The summed E-state index contributed by atoms with van der Waals surface area (Å²) >= 11 is 0. The lowest BCUT2D eigenvalue weighted by atomic mass is 10.2. The third kappa shape index (κ3) is 4.94. The van der Waals surface area contributed by atoms with Crippen molar-refractivity contribution in [2.24, 2.45) is 0 Å². The molecule has 1 N–H and O–H groups in total. The first-order chi connectivity index (χ1) is 10.9. The second-order valence-electron chi connectivity index (χ2n) is 5.68. The molecule has 6 nitrogen and oxygen atoms in total. The van der Waals surface area contributed by atoms with E-state index in [0.717, 1.165) is 12.8 Å². The molecule has 23 heavy (non-hydrogen) atoms. The van der Waals surface area contributed by atoms with Crippen LogP contribution in [0.3, 0.4) is 0 Å². The fourth-order valence-corrected chi connectivity index (χ4v) is 3.75. The van der Waals surface area contributed by atoms with E-state index in [0.29, 0.717) is 24.5 Å². The van der Waals surface area contributed by atoms with Crippen molar-refractivity contribution < 1.29 is 22.7 Å². The molecule has 0 spiro atoms. The van der Waals surface area contributed by atoms with Gasteiger partial charge in [0.2, 0.25) is 5.91 Å². The van der Waals surface area contributed by atoms with Gasteiger partial charge in [-0.05, 0) is 37.5 Å². The van der Waals surface area contributed by atoms with E-state index < -0.39 is 21.0 Å². The summed E-state index contributed by atoms with van der Waals surface area (Å²) < 4.78 is 35.3. The molecule has 1 saturated heterocycles. The van der Waals surface area contributed by atoms with Crippen LogP contribution in [0.4, 0.5) is 0 Å². The van der Waals surface area contributed by atoms with E-state index in [1.54, 1.807) is 24.3 Å². The number of nitrogens with one attached hydrogen (secondary N) is 1. The monoisotopic (exact) mass is 341 g/mol. The highest BCUT2D eigenvalue weighted by Crippen LogP contribution is 2.17. The van der Waals surface area contributed by atoms with Crippen LogP contribution in [0, 0.1) is 0 Å². The van der Waals surface area contributed by atoms with Crippen molar-refractivity contribution >= 4 is 15.7 Å². The number of ether oxygens (including phenoxy) is 2. The summed E-state index contributed by atoms with van der Waals surface area (Å²) in [5.41, 5.74) is 0.600. The molecule has 0 aromatic heterocycles. The number of rotatable bonds is 7. The minimum absolute atomic E-state index is 0.00719. The molecule has 1 aliphatic heterocycles. The highest BCUT2D eigenvalue weighted by Gasteiger charge is 2.29. The van der Waals surface area contributed by atoms with Crippen molar-refractivity contribution in [3.8, 4) is 5.75 Å². The first-order valence-corrected chi connectivity index (χ1v) is 9.38. The molecule has 1 amide bonds. The Kier molecular flexibility index (Phi) is 6.01. The fourth-order valence-electron chi connectivity index (χ4n) is 2.45. The molecule has 0 saturated carbocycles. The molecule has 0 radical (unpaired) electrons. The van der Waals surface area contributed by atoms with Crippen molar-refractivity contribution in [2.45, 2.75) is 36.9 Å². The Labute approximate surface area is 137 Å². The summed E-state index contributed by atoms with van der Waals surface area (Å²) in [7, 11) is -2.07. The fraction of sp³-hybridized carbons (Fsp3) is 0.562. The van der Waals surface area contributed by atoms with E-state index in [1.165, 1.54) is 14.0 Å². The number of hydrogen-bond acceptors (Lipinski definition) is 5. The van der Waals surface area contributed by atoms with Gasteiger partial charge in [0.15, 0.2) is 9.84 Å². The smallest absolute Gasteiger partial charge is 0.238 e. The zero-order valence-corrected chi connectivity index (χ0v) is 14.3. The van der Waals surface area contributed by atoms with Crippen LogP contribution < -0.4 is 10.1 Å². The van der Waals surface area contributed by atoms with Gasteiger partial charge in [-0.25, -0.2) is 8.42 Å². The summed E-state index contributed by atoms with van der Waals surface area (Å²) in [6.45, 7) is 2.47. The second kappa shape index (κ2) is 7.79. The predicted molar refractivity (Wildman–Crippen MR) is 87.1 cm³/mol. The third-order valence-corrected chi connectivity index (χ3v) is 5.96. The maximum Gasteiger partial charge on any atom is 0.238 e. The topological polar surface area (TPSA) is 81.7 Å². The maximum absolute atomic E-state index is 12.4. The molecule has 1 aromatic rings. The molecule has 0 bridgehead atoms. The van der Waals surface area contributed by atoms with Gasteiger partial charge in [0, 0.05) is 13.2 Å². The molecule has 2 atom stereocenters. The van der Waals surface area contributed by atoms with Crippen LogP contribution in [-0.2, 0) is 25.1 Å². The molecule has 0 unspecified atom stereocenters. The Bertz CT molecular complexity index is 638. The number of hydrogen-bond donors (Lipinski definition) is 1. The molecule has 0 aliphatic carbocycles. The Balaban J connectivity index is 1.95. The van der Waals surface area contributed by atoms with Gasteiger partial charge in [0.25, 0.3) is 0 Å². The first kappa shape index (κ1) is 17.7. The van der Waals surface area contributed by atoms with Crippen molar-refractivity contribution in [1.29, 1.82) is 0 Å². The van der Waals surface area contributed by atoms with Gasteiger partial charge in [0.1, 0.15) is 11.0 Å². The van der Waals surface area contributed by atoms with E-state index in [2.05, 4.69) is 5.32 Å². The maximum atomic E-state index is 12.4. The lowest BCUT2D eigenvalue weighted by molar-refractivity contribution is -0.120. The van der Waals surface area contributed by atoms with Crippen LogP contribution in [0.2, 0.25) is 0 Å². The number of carbonyl (C=O) groups is 1. The van der Waals surface area contributed by atoms with Crippen LogP contribution >= 0.6 is 0 Å². The van der Waals surface area contributed by atoms with Gasteiger partial charge in [-0.1, -0.05) is 12.1 Å². The molecular weight excluding hydrogens is 318 g/mol. The normalized spacial score (nSPS) is 19.3. The predicted octanol–water partition coefficient (Wildman–Crippen LogP) is 1.29. The molecule has 1 aliphatic rings. The number of methoxy groups -OCH3 is 1. The van der Waals surface area contributed by atoms with Gasteiger partial charge in [0.05, 0.1) is 19.0 Å². The Morgan fingerprint density at radius 1 is 1.48 bits per heavy atom. The molecular formula is C16H23NO5S. The molecule has 7 heteroatoms. The van der Waals surface area contributed by atoms with Gasteiger partial charge >= 0.3 is 0 Å². The number of amides is 1. The lowest BCUT2D eigenvalue weighted by Gasteiger charge is -2.16.